The first-order valence-corrected chi connectivity index (χ1v) is 15.0. The number of anilines is 1. The number of aromatic nitrogens is 8. The lowest BCUT2D eigenvalue weighted by molar-refractivity contribution is -0.192. The van der Waals surface area contributed by atoms with E-state index in [1.807, 2.05) is 0 Å². The fourth-order valence-electron chi connectivity index (χ4n) is 4.86. The normalized spacial score (nSPS) is 19.9. The number of carboxylic acid groups (broad SMARTS) is 1. The Hall–Kier alpha value is -5.23. The molecule has 1 aliphatic heterocycles. The summed E-state index contributed by atoms with van der Waals surface area (Å²) in [5.41, 5.74) is 1.17. The molecule has 0 aliphatic carbocycles. The van der Waals surface area contributed by atoms with Gasteiger partial charge in [-0.25, -0.2) is 19.1 Å². The molecule has 262 valence electrons. The van der Waals surface area contributed by atoms with E-state index in [9.17, 15) is 31.5 Å². The SMILES string of the molecule is O=C(O)C(F)(F)F.[2H]C1C[C@H](n2cnc(-c3cc(Cl)ccc3-n3cc(Cl)nn3)cc2=O)c2cc(ccn2)-c2c(cnn2C(F)F)NC(=O)[C@H](C)C1[2H]. The Morgan fingerprint density at radius 1 is 1.14 bits per heavy atom. The zero-order chi connectivity index (χ0) is 38.1. The van der Waals surface area contributed by atoms with E-state index in [2.05, 4.69) is 30.7 Å². The fraction of sp³-hybridized carbons (Fsp3) is 0.267. The summed E-state index contributed by atoms with van der Waals surface area (Å²) in [6.07, 6.45) is -2.30. The maximum Gasteiger partial charge on any atom is 0.490 e. The second-order valence-electron chi connectivity index (χ2n) is 10.5. The molecule has 0 fully saturated rings. The van der Waals surface area contributed by atoms with E-state index in [-0.39, 0.29) is 39.9 Å². The van der Waals surface area contributed by atoms with Crippen molar-refractivity contribution in [1.29, 1.82) is 0 Å². The van der Waals surface area contributed by atoms with Crippen molar-refractivity contribution in [1.82, 2.24) is 39.3 Å². The molecule has 13 nitrogen and oxygen atoms in total. The van der Waals surface area contributed by atoms with E-state index in [1.165, 1.54) is 53.1 Å². The van der Waals surface area contributed by atoms with Gasteiger partial charge in [0.1, 0.15) is 0 Å². The molecule has 2 unspecified atom stereocenters. The summed E-state index contributed by atoms with van der Waals surface area (Å²) in [6, 6.07) is 8.24. The maximum absolute atomic E-state index is 14.0. The van der Waals surface area contributed by atoms with Crippen molar-refractivity contribution in [2.75, 3.05) is 5.32 Å². The minimum atomic E-state index is -5.08. The van der Waals surface area contributed by atoms with Gasteiger partial charge in [-0.05, 0) is 43.1 Å². The van der Waals surface area contributed by atoms with Gasteiger partial charge in [0.05, 0.1) is 53.2 Å². The molecule has 1 amide bonds. The second kappa shape index (κ2) is 14.7. The average Bonchev–Trinajstić information content (AvgIpc) is 3.72. The molecule has 0 spiro atoms. The third-order valence-corrected chi connectivity index (χ3v) is 7.60. The van der Waals surface area contributed by atoms with Crippen LogP contribution in [0.15, 0.2) is 66.1 Å². The summed E-state index contributed by atoms with van der Waals surface area (Å²) in [7, 11) is 0. The Balaban J connectivity index is 0.000000679. The third kappa shape index (κ3) is 7.97. The number of hydrogen-bond acceptors (Lipinski definition) is 8. The number of nitrogens with one attached hydrogen (secondary N) is 1. The van der Waals surface area contributed by atoms with Gasteiger partial charge >= 0.3 is 18.7 Å². The molecule has 1 aromatic carbocycles. The Labute approximate surface area is 291 Å². The lowest BCUT2D eigenvalue weighted by atomic mass is 9.97. The monoisotopic (exact) mass is 741 g/mol. The largest absolute Gasteiger partial charge is 0.490 e. The molecular formula is C30H24Cl2F5N9O4. The van der Waals surface area contributed by atoms with Gasteiger partial charge in [0.15, 0.2) is 5.15 Å². The lowest BCUT2D eigenvalue weighted by Crippen LogP contribution is -2.27. The van der Waals surface area contributed by atoms with E-state index in [0.717, 1.165) is 6.20 Å². The lowest BCUT2D eigenvalue weighted by Gasteiger charge is -2.22. The van der Waals surface area contributed by atoms with Crippen LogP contribution < -0.4 is 10.9 Å². The predicted octanol–water partition coefficient (Wildman–Crippen LogP) is 6.43. The smallest absolute Gasteiger partial charge is 0.475 e. The van der Waals surface area contributed by atoms with E-state index < -0.39 is 54.9 Å². The van der Waals surface area contributed by atoms with E-state index in [4.69, 9.17) is 35.8 Å². The quantitative estimate of drug-likeness (QED) is 0.198. The molecule has 1 aliphatic rings. The summed E-state index contributed by atoms with van der Waals surface area (Å²) in [5.74, 6) is -4.37. The molecule has 6 rings (SSSR count). The van der Waals surface area contributed by atoms with Crippen molar-refractivity contribution < 1.29 is 39.4 Å². The highest BCUT2D eigenvalue weighted by Gasteiger charge is 2.38. The molecule has 5 aromatic rings. The summed E-state index contributed by atoms with van der Waals surface area (Å²) >= 11 is 12.2. The van der Waals surface area contributed by atoms with Crippen LogP contribution in [0.1, 0.15) is 47.2 Å². The van der Waals surface area contributed by atoms with Crippen molar-refractivity contribution in [3.8, 4) is 28.2 Å². The van der Waals surface area contributed by atoms with Crippen LogP contribution in [0, 0.1) is 5.92 Å². The highest BCUT2D eigenvalue weighted by molar-refractivity contribution is 6.31. The Morgan fingerprint density at radius 3 is 2.52 bits per heavy atom. The molecule has 2 N–H and O–H groups in total. The number of fused-ring (bicyclic) bond motifs is 4. The van der Waals surface area contributed by atoms with Crippen molar-refractivity contribution in [2.45, 2.75) is 44.9 Å². The van der Waals surface area contributed by atoms with Crippen LogP contribution in [-0.4, -0.2) is 62.5 Å². The van der Waals surface area contributed by atoms with Gasteiger partial charge in [-0.1, -0.05) is 41.7 Å². The number of rotatable bonds is 4. The zero-order valence-corrected chi connectivity index (χ0v) is 26.8. The third-order valence-electron chi connectivity index (χ3n) is 7.19. The molecule has 4 aromatic heterocycles. The van der Waals surface area contributed by atoms with Crippen molar-refractivity contribution in [3.63, 3.8) is 0 Å². The van der Waals surface area contributed by atoms with Gasteiger partial charge in [0.25, 0.3) is 5.56 Å². The number of carboxylic acids is 1. The van der Waals surface area contributed by atoms with E-state index >= 15 is 0 Å². The van der Waals surface area contributed by atoms with Gasteiger partial charge in [0, 0.05) is 37.1 Å². The highest BCUT2D eigenvalue weighted by Crippen LogP contribution is 2.35. The number of carbonyl (C=O) groups is 2. The molecule has 2 bridgehead atoms. The number of nitrogens with zero attached hydrogens (tertiary/aromatic N) is 8. The zero-order valence-electron chi connectivity index (χ0n) is 27.3. The highest BCUT2D eigenvalue weighted by atomic mass is 35.5. The molecule has 20 heteroatoms. The van der Waals surface area contributed by atoms with Crippen LogP contribution in [0.3, 0.4) is 0 Å². The Kier molecular flexibility index (Phi) is 9.79. The summed E-state index contributed by atoms with van der Waals surface area (Å²) in [5, 5.41) is 21.8. The van der Waals surface area contributed by atoms with Gasteiger partial charge in [0.2, 0.25) is 5.91 Å². The minimum absolute atomic E-state index is 0.0179. The Morgan fingerprint density at radius 2 is 1.88 bits per heavy atom. The van der Waals surface area contributed by atoms with Crippen molar-refractivity contribution in [3.05, 3.63) is 87.5 Å². The van der Waals surface area contributed by atoms with Gasteiger partial charge in [-0.15, -0.1) is 5.10 Å². The van der Waals surface area contributed by atoms with Crippen LogP contribution in [0.4, 0.5) is 27.6 Å². The first kappa shape index (κ1) is 33.3. The number of halogens is 7. The van der Waals surface area contributed by atoms with Gasteiger partial charge in [-0.2, -0.15) is 27.1 Å². The van der Waals surface area contributed by atoms with Crippen molar-refractivity contribution >= 4 is 40.8 Å². The van der Waals surface area contributed by atoms with Crippen LogP contribution in [0.2, 0.25) is 10.2 Å². The molecule has 50 heavy (non-hydrogen) atoms. The number of pyridine rings is 1. The van der Waals surface area contributed by atoms with E-state index in [1.54, 1.807) is 18.2 Å². The van der Waals surface area contributed by atoms with Gasteiger partial charge < -0.3 is 10.4 Å². The summed E-state index contributed by atoms with van der Waals surface area (Å²) in [4.78, 5) is 44.6. The molecule has 5 heterocycles. The fourth-order valence-corrected chi connectivity index (χ4v) is 5.15. The molecular weight excluding hydrogens is 716 g/mol. The van der Waals surface area contributed by atoms with Crippen LogP contribution in [0.5, 0.6) is 0 Å². The second-order valence-corrected chi connectivity index (χ2v) is 11.3. The average molecular weight is 742 g/mol. The number of hydrogen-bond donors (Lipinski definition) is 2. The Bertz CT molecular complexity index is 2180. The molecule has 0 radical (unpaired) electrons. The van der Waals surface area contributed by atoms with E-state index in [0.29, 0.717) is 21.0 Å². The number of aliphatic carboxylic acids is 1. The summed E-state index contributed by atoms with van der Waals surface area (Å²) in [6.45, 7) is -1.54. The topological polar surface area (TPSA) is 163 Å². The van der Waals surface area contributed by atoms with Crippen molar-refractivity contribution in [2.24, 2.45) is 5.92 Å². The van der Waals surface area contributed by atoms with Gasteiger partial charge in [-0.3, -0.25) is 19.1 Å². The summed E-state index contributed by atoms with van der Waals surface area (Å²) < 4.78 is 80.3. The maximum atomic E-state index is 14.0. The molecule has 0 saturated heterocycles. The standard InChI is InChI=1S/C28H23Cl2F2N9O2.C2HF3O2/c1-15-3-2-4-23(20-9-16(7-8-33-20)26-21(36-27(15)43)12-35-41(26)28(31)32)39-14-34-19(11-25(39)42)18-10-17(29)5-6-22(18)40-13-24(30)37-38-40;3-2(4,5)1(6)7/h5-15,23,28H,2-4H2,1H3,(H,36,43);(H,6,7)/t15-,23+;/m1./s1/i2D,3D;/t2?,3?,15-,23+;. The number of carbonyl (C=O) groups excluding carboxylic acids is 1. The molecule has 0 saturated carbocycles. The first-order valence-electron chi connectivity index (χ1n) is 15.4. The van der Waals surface area contributed by atoms with Crippen LogP contribution in [0.25, 0.3) is 28.2 Å². The first-order chi connectivity index (χ1) is 24.5. The minimum Gasteiger partial charge on any atom is -0.475 e. The molecule has 4 atom stereocenters. The number of amides is 1. The number of benzene rings is 1. The number of alkyl halides is 5. The van der Waals surface area contributed by atoms with Crippen LogP contribution in [-0.2, 0) is 9.59 Å². The predicted molar refractivity (Wildman–Crippen MR) is 169 cm³/mol. The van der Waals surface area contributed by atoms with Crippen LogP contribution >= 0.6 is 23.2 Å².